The Morgan fingerprint density at radius 3 is 2.46 bits per heavy atom. The van der Waals surface area contributed by atoms with Crippen LogP contribution in [0.5, 0.6) is 5.75 Å². The zero-order valence-corrected chi connectivity index (χ0v) is 14.7. The molecule has 1 heterocycles. The average molecular weight is 385 g/mol. The van der Waals surface area contributed by atoms with E-state index in [0.29, 0.717) is 12.5 Å². The molecule has 0 atom stereocenters. The number of rotatable bonds is 6. The summed E-state index contributed by atoms with van der Waals surface area (Å²) in [5, 5.41) is 6.48. The Balaban J connectivity index is 1.63. The first-order valence-corrected chi connectivity index (χ1v) is 8.25. The number of methoxy groups -OCH3 is 1. The summed E-state index contributed by atoms with van der Waals surface area (Å²) < 4.78 is 6.19. The van der Waals surface area contributed by atoms with Crippen LogP contribution < -0.4 is 15.4 Å². The number of nitrogens with one attached hydrogen (secondary N) is 2. The summed E-state index contributed by atoms with van der Waals surface area (Å²) in [4.78, 5) is 8.71. The number of aromatic nitrogens is 2. The Kier molecular flexibility index (Phi) is 5.28. The van der Waals surface area contributed by atoms with Crippen molar-refractivity contribution in [2.45, 2.75) is 6.54 Å². The highest BCUT2D eigenvalue weighted by atomic mass is 79.9. The van der Waals surface area contributed by atoms with Crippen LogP contribution in [0.1, 0.15) is 5.56 Å². The fourth-order valence-electron chi connectivity index (χ4n) is 2.12. The Labute approximate surface area is 149 Å². The smallest absolute Gasteiger partial charge is 0.229 e. The molecule has 3 aromatic rings. The summed E-state index contributed by atoms with van der Waals surface area (Å²) in [6, 6.07) is 17.6. The number of halogens is 1. The van der Waals surface area contributed by atoms with Gasteiger partial charge in [0.1, 0.15) is 11.6 Å². The maximum Gasteiger partial charge on any atom is 0.229 e. The molecule has 122 valence electrons. The number of benzene rings is 2. The van der Waals surface area contributed by atoms with Gasteiger partial charge in [0.15, 0.2) is 0 Å². The third kappa shape index (κ3) is 4.45. The van der Waals surface area contributed by atoms with Gasteiger partial charge in [-0.25, -0.2) is 4.98 Å². The van der Waals surface area contributed by atoms with Gasteiger partial charge >= 0.3 is 0 Å². The fourth-order valence-corrected chi connectivity index (χ4v) is 2.38. The molecule has 0 fully saturated rings. The first-order valence-electron chi connectivity index (χ1n) is 7.45. The predicted molar refractivity (Wildman–Crippen MR) is 99.8 cm³/mol. The highest BCUT2D eigenvalue weighted by Gasteiger charge is 2.01. The van der Waals surface area contributed by atoms with Crippen LogP contribution in [0.15, 0.2) is 65.3 Å². The molecule has 0 bridgehead atoms. The van der Waals surface area contributed by atoms with Crippen molar-refractivity contribution >= 4 is 33.4 Å². The summed E-state index contributed by atoms with van der Waals surface area (Å²) in [7, 11) is 1.66. The molecule has 0 unspecified atom stereocenters. The van der Waals surface area contributed by atoms with E-state index in [4.69, 9.17) is 4.74 Å². The van der Waals surface area contributed by atoms with Crippen LogP contribution in [0, 0.1) is 0 Å². The molecule has 2 aromatic carbocycles. The highest BCUT2D eigenvalue weighted by Crippen LogP contribution is 2.18. The minimum absolute atomic E-state index is 0.553. The first-order chi connectivity index (χ1) is 11.7. The normalized spacial score (nSPS) is 10.2. The van der Waals surface area contributed by atoms with E-state index in [9.17, 15) is 0 Å². The summed E-state index contributed by atoms with van der Waals surface area (Å²) in [5.74, 6) is 2.17. The van der Waals surface area contributed by atoms with Gasteiger partial charge in [0.05, 0.1) is 7.11 Å². The third-order valence-electron chi connectivity index (χ3n) is 3.39. The number of ether oxygens (including phenoxy) is 1. The molecule has 1 aromatic heterocycles. The molecule has 0 radical (unpaired) electrons. The molecule has 2 N–H and O–H groups in total. The van der Waals surface area contributed by atoms with Crippen molar-refractivity contribution in [2.75, 3.05) is 17.7 Å². The molecule has 0 spiro atoms. The van der Waals surface area contributed by atoms with Crippen LogP contribution in [-0.2, 0) is 6.54 Å². The molecule has 0 saturated carbocycles. The SMILES string of the molecule is COc1ccc(CNc2ccnc(Nc3ccc(Br)cc3)n2)cc1. The Morgan fingerprint density at radius 1 is 1.00 bits per heavy atom. The first kappa shape index (κ1) is 16.3. The van der Waals surface area contributed by atoms with Crippen molar-refractivity contribution in [2.24, 2.45) is 0 Å². The van der Waals surface area contributed by atoms with E-state index in [2.05, 4.69) is 36.5 Å². The second-order valence-electron chi connectivity index (χ2n) is 5.10. The van der Waals surface area contributed by atoms with E-state index < -0.39 is 0 Å². The second kappa shape index (κ2) is 7.79. The summed E-state index contributed by atoms with van der Waals surface area (Å²) in [6.45, 7) is 0.679. The molecule has 0 aliphatic carbocycles. The topological polar surface area (TPSA) is 59.1 Å². The van der Waals surface area contributed by atoms with Crippen molar-refractivity contribution < 1.29 is 4.74 Å². The summed E-state index contributed by atoms with van der Waals surface area (Å²) in [6.07, 6.45) is 1.73. The molecular weight excluding hydrogens is 368 g/mol. The average Bonchev–Trinajstić information content (AvgIpc) is 2.63. The van der Waals surface area contributed by atoms with E-state index >= 15 is 0 Å². The quantitative estimate of drug-likeness (QED) is 0.649. The molecule has 5 nitrogen and oxygen atoms in total. The van der Waals surface area contributed by atoms with Crippen molar-refractivity contribution in [3.63, 3.8) is 0 Å². The molecule has 0 aliphatic rings. The minimum atomic E-state index is 0.553. The summed E-state index contributed by atoms with van der Waals surface area (Å²) >= 11 is 3.42. The third-order valence-corrected chi connectivity index (χ3v) is 3.92. The predicted octanol–water partition coefficient (Wildman–Crippen LogP) is 4.60. The molecule has 24 heavy (non-hydrogen) atoms. The summed E-state index contributed by atoms with van der Waals surface area (Å²) in [5.41, 5.74) is 2.09. The minimum Gasteiger partial charge on any atom is -0.497 e. The standard InChI is InChI=1S/C18H17BrN4O/c1-24-16-8-2-13(3-9-16)12-21-17-10-11-20-18(23-17)22-15-6-4-14(19)5-7-15/h2-11H,12H2,1H3,(H2,20,21,22,23). The highest BCUT2D eigenvalue weighted by molar-refractivity contribution is 9.10. The van der Waals surface area contributed by atoms with E-state index in [-0.39, 0.29) is 0 Å². The van der Waals surface area contributed by atoms with Crippen molar-refractivity contribution in [3.05, 3.63) is 70.8 Å². The molecule has 6 heteroatoms. The van der Waals surface area contributed by atoms with Gasteiger partial charge in [0.25, 0.3) is 0 Å². The second-order valence-corrected chi connectivity index (χ2v) is 6.01. The monoisotopic (exact) mass is 384 g/mol. The van der Waals surface area contributed by atoms with Gasteiger partial charge in [-0.15, -0.1) is 0 Å². The van der Waals surface area contributed by atoms with E-state index in [1.165, 1.54) is 0 Å². The maximum atomic E-state index is 5.16. The number of nitrogens with zero attached hydrogens (tertiary/aromatic N) is 2. The van der Waals surface area contributed by atoms with Gasteiger partial charge in [-0.2, -0.15) is 4.98 Å². The number of hydrogen-bond acceptors (Lipinski definition) is 5. The van der Waals surface area contributed by atoms with Gasteiger partial charge in [0, 0.05) is 22.9 Å². The lowest BCUT2D eigenvalue weighted by molar-refractivity contribution is 0.414. The Morgan fingerprint density at radius 2 is 1.75 bits per heavy atom. The van der Waals surface area contributed by atoms with Crippen LogP contribution in [0.25, 0.3) is 0 Å². The van der Waals surface area contributed by atoms with Crippen molar-refractivity contribution in [3.8, 4) is 5.75 Å². The Hall–Kier alpha value is -2.60. The fraction of sp³-hybridized carbons (Fsp3) is 0.111. The van der Waals surface area contributed by atoms with Crippen LogP contribution in [0.4, 0.5) is 17.5 Å². The van der Waals surface area contributed by atoms with Gasteiger partial charge in [-0.3, -0.25) is 0 Å². The lowest BCUT2D eigenvalue weighted by Crippen LogP contribution is -2.04. The molecule has 0 aliphatic heterocycles. The van der Waals surface area contributed by atoms with Crippen molar-refractivity contribution in [1.82, 2.24) is 9.97 Å². The van der Waals surface area contributed by atoms with Gasteiger partial charge in [-0.1, -0.05) is 28.1 Å². The van der Waals surface area contributed by atoms with Crippen molar-refractivity contribution in [1.29, 1.82) is 0 Å². The van der Waals surface area contributed by atoms with Crippen LogP contribution >= 0.6 is 15.9 Å². The zero-order chi connectivity index (χ0) is 16.8. The molecule has 3 rings (SSSR count). The van der Waals surface area contributed by atoms with Crippen LogP contribution in [0.2, 0.25) is 0 Å². The van der Waals surface area contributed by atoms with E-state index in [1.807, 2.05) is 54.6 Å². The van der Waals surface area contributed by atoms with Gasteiger partial charge in [0.2, 0.25) is 5.95 Å². The largest absolute Gasteiger partial charge is 0.497 e. The molecule has 0 amide bonds. The maximum absolute atomic E-state index is 5.16. The molecular formula is C18H17BrN4O. The van der Waals surface area contributed by atoms with Gasteiger partial charge in [-0.05, 0) is 48.0 Å². The van der Waals surface area contributed by atoms with Gasteiger partial charge < -0.3 is 15.4 Å². The molecule has 0 saturated heterocycles. The number of hydrogen-bond donors (Lipinski definition) is 2. The van der Waals surface area contributed by atoms with E-state index in [1.54, 1.807) is 13.3 Å². The Bertz CT molecular complexity index is 791. The lowest BCUT2D eigenvalue weighted by atomic mass is 10.2. The van der Waals surface area contributed by atoms with Crippen LogP contribution in [-0.4, -0.2) is 17.1 Å². The number of anilines is 3. The van der Waals surface area contributed by atoms with Crippen LogP contribution in [0.3, 0.4) is 0 Å². The lowest BCUT2D eigenvalue weighted by Gasteiger charge is -2.09. The zero-order valence-electron chi connectivity index (χ0n) is 13.2. The van der Waals surface area contributed by atoms with E-state index in [0.717, 1.165) is 27.3 Å².